The third-order valence-corrected chi connectivity index (χ3v) is 8.77. The van der Waals surface area contributed by atoms with E-state index in [1.54, 1.807) is 0 Å². The summed E-state index contributed by atoms with van der Waals surface area (Å²) in [6.45, 7) is 15.7. The highest BCUT2D eigenvalue weighted by Gasteiger charge is 2.45. The number of nitrogens with one attached hydrogen (secondary N) is 1. The van der Waals surface area contributed by atoms with Gasteiger partial charge in [0.1, 0.15) is 0 Å². The molecule has 7 nitrogen and oxygen atoms in total. The summed E-state index contributed by atoms with van der Waals surface area (Å²) in [7, 11) is 0. The molecule has 0 aromatic rings. The van der Waals surface area contributed by atoms with Crippen molar-refractivity contribution in [3.05, 3.63) is 0 Å². The molecule has 36 heavy (non-hydrogen) atoms. The number of amides is 4. The molecule has 3 aliphatic rings. The second-order valence-corrected chi connectivity index (χ2v) is 13.6. The van der Waals surface area contributed by atoms with E-state index in [0.717, 1.165) is 58.0 Å². The average Bonchev–Trinajstić information content (AvgIpc) is 3.03. The number of rotatable bonds is 9. The molecule has 1 atom stereocenters. The van der Waals surface area contributed by atoms with Gasteiger partial charge in [0.25, 0.3) is 0 Å². The summed E-state index contributed by atoms with van der Waals surface area (Å²) in [6, 6.07) is 0. The third kappa shape index (κ3) is 7.32. The van der Waals surface area contributed by atoms with E-state index in [9.17, 15) is 19.2 Å². The van der Waals surface area contributed by atoms with Crippen LogP contribution in [0.2, 0.25) is 0 Å². The molecule has 7 heteroatoms. The summed E-state index contributed by atoms with van der Waals surface area (Å²) in [5, 5.41) is 3.08. The Hall–Kier alpha value is -1.92. The Morgan fingerprint density at radius 3 is 2.08 bits per heavy atom. The highest BCUT2D eigenvalue weighted by Crippen LogP contribution is 2.37. The Morgan fingerprint density at radius 2 is 1.53 bits per heavy atom. The topological polar surface area (TPSA) is 86.8 Å². The average molecular weight is 504 g/mol. The molecule has 204 valence electrons. The SMILES string of the molecule is CC(C)(C)C1CN(C(=O)CCCCCNC(=O)C2CCC(CN3C(=O)CC(C(C)(C)C)C3=O)CC2)C1. The van der Waals surface area contributed by atoms with Crippen molar-refractivity contribution in [1.82, 2.24) is 15.1 Å². The monoisotopic (exact) mass is 503 g/mol. The number of likely N-dealkylation sites (tertiary alicyclic amines) is 2. The first-order valence-corrected chi connectivity index (χ1v) is 14.2. The lowest BCUT2D eigenvalue weighted by Crippen LogP contribution is -2.54. The second-order valence-electron chi connectivity index (χ2n) is 13.6. The minimum absolute atomic E-state index is 0.0203. The lowest BCUT2D eigenvalue weighted by Gasteiger charge is -2.46. The van der Waals surface area contributed by atoms with Gasteiger partial charge < -0.3 is 10.2 Å². The second kappa shape index (κ2) is 11.6. The number of imide groups is 1. The lowest BCUT2D eigenvalue weighted by atomic mass is 9.76. The molecule has 1 N–H and O–H groups in total. The molecular formula is C29H49N3O4. The fourth-order valence-corrected chi connectivity index (χ4v) is 5.74. The van der Waals surface area contributed by atoms with E-state index in [0.29, 0.717) is 37.8 Å². The van der Waals surface area contributed by atoms with Crippen LogP contribution in [-0.4, -0.2) is 59.6 Å². The maximum atomic E-state index is 12.8. The zero-order valence-corrected chi connectivity index (χ0v) is 23.5. The van der Waals surface area contributed by atoms with Gasteiger partial charge in [-0.2, -0.15) is 0 Å². The van der Waals surface area contributed by atoms with Crippen molar-refractivity contribution in [3.63, 3.8) is 0 Å². The summed E-state index contributed by atoms with van der Waals surface area (Å²) < 4.78 is 0. The van der Waals surface area contributed by atoms with Crippen molar-refractivity contribution in [1.29, 1.82) is 0 Å². The van der Waals surface area contributed by atoms with Crippen molar-refractivity contribution in [2.24, 2.45) is 34.5 Å². The Balaban J connectivity index is 1.25. The lowest BCUT2D eigenvalue weighted by molar-refractivity contribution is -0.142. The van der Waals surface area contributed by atoms with E-state index in [2.05, 4.69) is 26.1 Å². The minimum Gasteiger partial charge on any atom is -0.356 e. The number of hydrogen-bond acceptors (Lipinski definition) is 4. The Kier molecular flexibility index (Phi) is 9.26. The molecule has 0 bridgehead atoms. The molecule has 3 fully saturated rings. The van der Waals surface area contributed by atoms with Gasteiger partial charge in [0.05, 0.1) is 5.92 Å². The van der Waals surface area contributed by atoms with Crippen molar-refractivity contribution in [3.8, 4) is 0 Å². The van der Waals surface area contributed by atoms with Gasteiger partial charge in [-0.05, 0) is 61.2 Å². The summed E-state index contributed by atoms with van der Waals surface area (Å²) in [6.07, 6.45) is 7.03. The highest BCUT2D eigenvalue weighted by molar-refractivity contribution is 6.03. The summed E-state index contributed by atoms with van der Waals surface area (Å²) in [5.74, 6) is 1.04. The number of hydrogen-bond donors (Lipinski definition) is 1. The van der Waals surface area contributed by atoms with E-state index in [4.69, 9.17) is 0 Å². The molecule has 4 amide bonds. The normalized spacial score (nSPS) is 25.8. The number of nitrogens with zero attached hydrogens (tertiary/aromatic N) is 2. The number of carbonyl (C=O) groups excluding carboxylic acids is 4. The summed E-state index contributed by atoms with van der Waals surface area (Å²) >= 11 is 0. The summed E-state index contributed by atoms with van der Waals surface area (Å²) in [5.41, 5.74) is 0.0763. The maximum absolute atomic E-state index is 12.8. The first-order chi connectivity index (χ1) is 16.8. The van der Waals surface area contributed by atoms with Crippen LogP contribution in [0.1, 0.15) is 99.3 Å². The predicted molar refractivity (Wildman–Crippen MR) is 141 cm³/mol. The molecule has 3 rings (SSSR count). The molecule has 0 radical (unpaired) electrons. The molecule has 0 spiro atoms. The van der Waals surface area contributed by atoms with Gasteiger partial charge in [-0.25, -0.2) is 0 Å². The van der Waals surface area contributed by atoms with Crippen LogP contribution in [-0.2, 0) is 19.2 Å². The standard InChI is InChI=1S/C29H49N3O4/c1-28(2,3)22-18-31(19-22)24(33)10-8-7-9-15-30-26(35)21-13-11-20(12-14-21)17-32-25(34)16-23(27(32)36)29(4,5)6/h20-23H,7-19H2,1-6H3,(H,30,35). The van der Waals surface area contributed by atoms with E-state index < -0.39 is 0 Å². The smallest absolute Gasteiger partial charge is 0.233 e. The minimum atomic E-state index is -0.221. The zero-order chi connectivity index (χ0) is 26.7. The molecule has 2 saturated heterocycles. The fourth-order valence-electron chi connectivity index (χ4n) is 5.74. The van der Waals surface area contributed by atoms with Gasteiger partial charge in [0, 0.05) is 44.9 Å². The van der Waals surface area contributed by atoms with Gasteiger partial charge in [0.15, 0.2) is 0 Å². The van der Waals surface area contributed by atoms with Crippen LogP contribution in [0.25, 0.3) is 0 Å². The van der Waals surface area contributed by atoms with Crippen molar-refractivity contribution in [2.75, 3.05) is 26.2 Å². The molecule has 2 heterocycles. The molecule has 0 aromatic carbocycles. The maximum Gasteiger partial charge on any atom is 0.233 e. The van der Waals surface area contributed by atoms with Gasteiger partial charge >= 0.3 is 0 Å². The Labute approximate surface area is 218 Å². The molecule has 1 aliphatic carbocycles. The van der Waals surface area contributed by atoms with Gasteiger partial charge in [-0.1, -0.05) is 48.0 Å². The molecule has 0 aromatic heterocycles. The van der Waals surface area contributed by atoms with Gasteiger partial charge in [-0.3, -0.25) is 24.1 Å². The van der Waals surface area contributed by atoms with E-state index in [1.165, 1.54) is 4.90 Å². The molecule has 1 unspecified atom stereocenters. The molecule has 2 aliphatic heterocycles. The van der Waals surface area contributed by atoms with Crippen LogP contribution in [0.4, 0.5) is 0 Å². The Bertz CT molecular complexity index is 811. The van der Waals surface area contributed by atoms with Crippen LogP contribution in [0.3, 0.4) is 0 Å². The molecular weight excluding hydrogens is 454 g/mol. The predicted octanol–water partition coefficient (Wildman–Crippen LogP) is 4.40. The largest absolute Gasteiger partial charge is 0.356 e. The van der Waals surface area contributed by atoms with Crippen LogP contribution in [0.5, 0.6) is 0 Å². The van der Waals surface area contributed by atoms with Crippen molar-refractivity contribution in [2.45, 2.75) is 99.3 Å². The quantitative estimate of drug-likeness (QED) is 0.373. The van der Waals surface area contributed by atoms with Crippen LogP contribution >= 0.6 is 0 Å². The Morgan fingerprint density at radius 1 is 0.889 bits per heavy atom. The number of unbranched alkanes of at least 4 members (excludes halogenated alkanes) is 2. The van der Waals surface area contributed by atoms with Crippen LogP contribution < -0.4 is 5.32 Å². The van der Waals surface area contributed by atoms with Crippen molar-refractivity contribution < 1.29 is 19.2 Å². The van der Waals surface area contributed by atoms with Gasteiger partial charge in [-0.15, -0.1) is 0 Å². The highest BCUT2D eigenvalue weighted by atomic mass is 16.2. The van der Waals surface area contributed by atoms with E-state index in [1.807, 2.05) is 25.7 Å². The molecule has 1 saturated carbocycles. The van der Waals surface area contributed by atoms with E-state index in [-0.39, 0.29) is 46.3 Å². The zero-order valence-electron chi connectivity index (χ0n) is 23.5. The van der Waals surface area contributed by atoms with Crippen LogP contribution in [0.15, 0.2) is 0 Å². The number of carbonyl (C=O) groups is 4. The first-order valence-electron chi connectivity index (χ1n) is 14.2. The first kappa shape index (κ1) is 28.6. The third-order valence-electron chi connectivity index (χ3n) is 8.77. The van der Waals surface area contributed by atoms with Crippen molar-refractivity contribution >= 4 is 23.6 Å². The van der Waals surface area contributed by atoms with Gasteiger partial charge in [0.2, 0.25) is 23.6 Å². The van der Waals surface area contributed by atoms with E-state index >= 15 is 0 Å². The summed E-state index contributed by atoms with van der Waals surface area (Å²) in [4.78, 5) is 53.6. The van der Waals surface area contributed by atoms with Crippen LogP contribution in [0, 0.1) is 34.5 Å². The fraction of sp³-hybridized carbons (Fsp3) is 0.862.